The molecule has 6 rings (SSSR count). The molecule has 4 atom stereocenters. The smallest absolute Gasteiger partial charge is 0.361 e. The van der Waals surface area contributed by atoms with E-state index in [1.165, 1.54) is 0 Å². The molecule has 2 heterocycles. The summed E-state index contributed by atoms with van der Waals surface area (Å²) in [5, 5.41) is 11.2. The van der Waals surface area contributed by atoms with Crippen LogP contribution in [0.2, 0.25) is 0 Å². The number of fused-ring (bicyclic) bond motifs is 2. The molecule has 2 aliphatic rings. The Morgan fingerprint density at radius 3 is 1.19 bits per heavy atom. The fourth-order valence-electron chi connectivity index (χ4n) is 4.65. The van der Waals surface area contributed by atoms with Gasteiger partial charge in [-0.1, -0.05) is 0 Å². The summed E-state index contributed by atoms with van der Waals surface area (Å²) >= 11 is 5.91. The Hall–Kier alpha value is -3.30. The molecular weight excluding hydrogens is 836 g/mol. The number of rotatable bonds is 4. The molecule has 0 aliphatic carbocycles. The lowest BCUT2D eigenvalue weighted by atomic mass is 10.1. The maximum Gasteiger partial charge on any atom is 0.361 e. The highest BCUT2D eigenvalue weighted by molar-refractivity contribution is 9.11. The lowest BCUT2D eigenvalue weighted by molar-refractivity contribution is -0.0361. The topological polar surface area (TPSA) is 141 Å². The Morgan fingerprint density at radius 2 is 0.896 bits per heavy atom. The standard InChI is InChI=1S/2C14H8BrF4NO3S/c2*15-12-9(23-8-4-6(16)3-7(17)5-8)1-2-10-11(12)13(21)14(18,19)24(10,20)22/h2*1-5,13,20-21H. The van der Waals surface area contributed by atoms with Gasteiger partial charge in [0.05, 0.1) is 18.7 Å². The summed E-state index contributed by atoms with van der Waals surface area (Å²) in [5.41, 5.74) is -0.899. The highest BCUT2D eigenvalue weighted by Crippen LogP contribution is 2.55. The van der Waals surface area contributed by atoms with E-state index in [4.69, 9.17) is 19.0 Å². The average molecular weight is 852 g/mol. The molecule has 0 saturated heterocycles. The Morgan fingerprint density at radius 1 is 0.604 bits per heavy atom. The molecule has 8 nitrogen and oxygen atoms in total. The van der Waals surface area contributed by atoms with Crippen molar-refractivity contribution in [3.63, 3.8) is 0 Å². The zero-order valence-electron chi connectivity index (χ0n) is 23.1. The Kier molecular flexibility index (Phi) is 9.17. The molecule has 0 saturated carbocycles. The number of aliphatic hydroxyl groups excluding tert-OH is 2. The van der Waals surface area contributed by atoms with Gasteiger partial charge in [0.25, 0.3) is 0 Å². The Bertz CT molecular complexity index is 2010. The molecule has 20 heteroatoms. The molecule has 48 heavy (non-hydrogen) atoms. The molecule has 4 N–H and O–H groups in total. The predicted octanol–water partition coefficient (Wildman–Crippen LogP) is 9.13. The van der Waals surface area contributed by atoms with E-state index < -0.39 is 86.4 Å². The minimum Gasteiger partial charge on any atom is -0.456 e. The summed E-state index contributed by atoms with van der Waals surface area (Å²) in [5.74, 6) is -4.34. The summed E-state index contributed by atoms with van der Waals surface area (Å²) < 4.78 is 157. The fraction of sp³-hybridized carbons (Fsp3) is 0.143. The van der Waals surface area contributed by atoms with E-state index in [9.17, 15) is 53.8 Å². The maximum atomic E-state index is 13.9. The quantitative estimate of drug-likeness (QED) is 0.151. The molecule has 4 unspecified atom stereocenters. The number of hydrogen-bond donors (Lipinski definition) is 4. The van der Waals surface area contributed by atoms with Gasteiger partial charge >= 0.3 is 10.5 Å². The van der Waals surface area contributed by atoms with Gasteiger partial charge in [-0.15, -0.1) is 0 Å². The number of alkyl halides is 4. The highest BCUT2D eigenvalue weighted by Gasteiger charge is 2.59. The SMILES string of the molecule is N=S1(=O)c2ccc(Oc3cc(F)cc(F)c3)c(Br)c2C(O)C1(F)F.N=S1(=O)c2ccc(Oc3cc(F)cc(F)c3)c(Br)c2C(O)C1(F)F. The number of halogens is 10. The van der Waals surface area contributed by atoms with Crippen LogP contribution in [0, 0.1) is 32.8 Å². The van der Waals surface area contributed by atoms with Crippen LogP contribution in [-0.2, 0) is 19.5 Å². The first-order chi connectivity index (χ1) is 22.1. The van der Waals surface area contributed by atoms with Crippen LogP contribution < -0.4 is 9.47 Å². The summed E-state index contributed by atoms with van der Waals surface area (Å²) in [6.45, 7) is 0. The molecule has 4 aromatic carbocycles. The normalized spacial score (nSPS) is 24.7. The van der Waals surface area contributed by atoms with Crippen molar-refractivity contribution in [3.8, 4) is 23.0 Å². The monoisotopic (exact) mass is 850 g/mol. The minimum absolute atomic E-state index is 0.134. The van der Waals surface area contributed by atoms with E-state index in [0.29, 0.717) is 12.1 Å². The summed E-state index contributed by atoms with van der Waals surface area (Å²) in [6, 6.07) is 8.93. The van der Waals surface area contributed by atoms with Crippen molar-refractivity contribution in [2.24, 2.45) is 0 Å². The second kappa shape index (κ2) is 12.2. The van der Waals surface area contributed by atoms with E-state index in [0.717, 1.165) is 48.5 Å². The Labute approximate surface area is 282 Å². The van der Waals surface area contributed by atoms with Crippen LogP contribution in [-0.4, -0.2) is 29.1 Å². The van der Waals surface area contributed by atoms with Crippen LogP contribution in [0.5, 0.6) is 23.0 Å². The van der Waals surface area contributed by atoms with Gasteiger partial charge in [0, 0.05) is 47.5 Å². The fourth-order valence-corrected chi connectivity index (χ4v) is 9.22. The van der Waals surface area contributed by atoms with Gasteiger partial charge in [-0.3, -0.25) is 0 Å². The van der Waals surface area contributed by atoms with E-state index in [1.807, 2.05) is 0 Å². The van der Waals surface area contributed by atoms with Crippen LogP contribution in [0.3, 0.4) is 0 Å². The van der Waals surface area contributed by atoms with E-state index in [2.05, 4.69) is 31.9 Å². The van der Waals surface area contributed by atoms with E-state index >= 15 is 0 Å². The molecule has 0 amide bonds. The molecule has 0 bridgehead atoms. The average Bonchev–Trinajstić information content (AvgIpc) is 3.19. The second-order valence-electron chi connectivity index (χ2n) is 10.0. The first kappa shape index (κ1) is 36.0. The van der Waals surface area contributed by atoms with Gasteiger partial charge in [-0.2, -0.15) is 17.6 Å². The van der Waals surface area contributed by atoms with Gasteiger partial charge in [-0.05, 0) is 56.1 Å². The maximum absolute atomic E-state index is 13.9. The van der Waals surface area contributed by atoms with Crippen LogP contribution >= 0.6 is 31.9 Å². The number of hydrogen-bond acceptors (Lipinski definition) is 8. The van der Waals surface area contributed by atoms with Crippen LogP contribution in [0.15, 0.2) is 79.4 Å². The zero-order chi connectivity index (χ0) is 35.7. The molecular formula is C28H16Br2F8N2O6S2. The van der Waals surface area contributed by atoms with Crippen LogP contribution in [0.4, 0.5) is 35.1 Å². The van der Waals surface area contributed by atoms with E-state index in [1.54, 1.807) is 0 Å². The third-order valence-electron chi connectivity index (χ3n) is 6.91. The summed E-state index contributed by atoms with van der Waals surface area (Å²) in [4.78, 5) is -1.05. The zero-order valence-corrected chi connectivity index (χ0v) is 27.9. The molecule has 256 valence electrons. The van der Waals surface area contributed by atoms with Gasteiger partial charge in [0.2, 0.25) is 0 Å². The molecule has 0 spiro atoms. The van der Waals surface area contributed by atoms with Crippen LogP contribution in [0.25, 0.3) is 0 Å². The molecule has 0 radical (unpaired) electrons. The third kappa shape index (κ3) is 5.85. The number of ether oxygens (including phenoxy) is 2. The molecule has 0 aromatic heterocycles. The van der Waals surface area contributed by atoms with Crippen molar-refractivity contribution < 1.29 is 63.2 Å². The number of aliphatic hydroxyl groups is 2. The Balaban J connectivity index is 0.000000188. The summed E-state index contributed by atoms with van der Waals surface area (Å²) in [7, 11) is -9.09. The van der Waals surface area contributed by atoms with Crippen LogP contribution in [0.1, 0.15) is 23.3 Å². The third-order valence-corrected chi connectivity index (χ3v) is 12.5. The molecule has 4 aromatic rings. The van der Waals surface area contributed by atoms with Crippen molar-refractivity contribution in [3.05, 3.63) is 104 Å². The predicted molar refractivity (Wildman–Crippen MR) is 159 cm³/mol. The largest absolute Gasteiger partial charge is 0.456 e. The van der Waals surface area contributed by atoms with Gasteiger partial charge in [0.15, 0.2) is 12.2 Å². The molecule has 2 aliphatic heterocycles. The van der Waals surface area contributed by atoms with Crippen molar-refractivity contribution in [2.45, 2.75) is 32.5 Å². The highest BCUT2D eigenvalue weighted by atomic mass is 79.9. The van der Waals surface area contributed by atoms with Gasteiger partial charge < -0.3 is 19.7 Å². The first-order valence-corrected chi connectivity index (χ1v) is 17.4. The second-order valence-corrected chi connectivity index (χ2v) is 15.8. The van der Waals surface area contributed by atoms with Crippen molar-refractivity contribution >= 4 is 51.3 Å². The van der Waals surface area contributed by atoms with E-state index in [-0.39, 0.29) is 31.9 Å². The summed E-state index contributed by atoms with van der Waals surface area (Å²) in [6.07, 6.45) is -4.95. The number of benzene rings is 4. The lowest BCUT2D eigenvalue weighted by Gasteiger charge is -2.15. The van der Waals surface area contributed by atoms with Gasteiger partial charge in [0.1, 0.15) is 65.7 Å². The van der Waals surface area contributed by atoms with Crippen molar-refractivity contribution in [1.82, 2.24) is 0 Å². The van der Waals surface area contributed by atoms with Gasteiger partial charge in [-0.25, -0.2) is 35.5 Å². The first-order valence-electron chi connectivity index (χ1n) is 12.7. The van der Waals surface area contributed by atoms with Crippen molar-refractivity contribution in [2.75, 3.05) is 0 Å². The minimum atomic E-state index is -4.55. The lowest BCUT2D eigenvalue weighted by Crippen LogP contribution is -2.27. The molecule has 0 fully saturated rings. The number of nitrogens with one attached hydrogen (secondary N) is 2. The van der Waals surface area contributed by atoms with Crippen molar-refractivity contribution in [1.29, 1.82) is 9.56 Å².